The van der Waals surface area contributed by atoms with E-state index in [1.165, 1.54) is 5.56 Å². The molecule has 3 rings (SSSR count). The molecule has 3 N–H and O–H groups in total. The topological polar surface area (TPSA) is 63.8 Å². The summed E-state index contributed by atoms with van der Waals surface area (Å²) >= 11 is 0. The highest BCUT2D eigenvalue weighted by Gasteiger charge is 2.12. The monoisotopic (exact) mass is 318 g/mol. The first-order valence-corrected chi connectivity index (χ1v) is 8.13. The third kappa shape index (κ3) is 3.44. The molecule has 4 heteroatoms. The predicted octanol–water partition coefficient (Wildman–Crippen LogP) is 3.80. The molecule has 0 amide bonds. The fourth-order valence-corrected chi connectivity index (χ4v) is 2.60. The van der Waals surface area contributed by atoms with E-state index in [-0.39, 0.29) is 0 Å². The summed E-state index contributed by atoms with van der Waals surface area (Å²) in [5.41, 5.74) is 11.9. The molecule has 4 nitrogen and oxygen atoms in total. The lowest BCUT2D eigenvalue weighted by atomic mass is 10.1. The first-order valence-electron chi connectivity index (χ1n) is 8.13. The molecule has 0 spiro atoms. The van der Waals surface area contributed by atoms with Crippen LogP contribution in [0.15, 0.2) is 54.7 Å². The number of nitrogens with one attached hydrogen (secondary N) is 1. The van der Waals surface area contributed by atoms with Crippen LogP contribution in [0.2, 0.25) is 0 Å². The van der Waals surface area contributed by atoms with Gasteiger partial charge < -0.3 is 11.1 Å². The third-order valence-corrected chi connectivity index (χ3v) is 3.96. The molecule has 1 heterocycles. The number of aromatic nitrogens is 2. The zero-order chi connectivity index (χ0) is 16.9. The average Bonchev–Trinajstić information content (AvgIpc) is 2.61. The highest BCUT2D eigenvalue weighted by Crippen LogP contribution is 2.29. The van der Waals surface area contributed by atoms with Crippen LogP contribution in [-0.4, -0.2) is 23.1 Å². The Bertz CT molecular complexity index is 825. The lowest BCUT2D eigenvalue weighted by molar-refractivity contribution is 1.02. The van der Waals surface area contributed by atoms with Gasteiger partial charge in [0.15, 0.2) is 5.82 Å². The molecule has 1 aromatic heterocycles. The Morgan fingerprint density at radius 3 is 2.46 bits per heavy atom. The third-order valence-electron chi connectivity index (χ3n) is 3.96. The molecule has 0 fully saturated rings. The quantitative estimate of drug-likeness (QED) is 0.751. The maximum absolute atomic E-state index is 5.62. The molecular formula is C20H22N4. The van der Waals surface area contributed by atoms with Gasteiger partial charge in [-0.2, -0.15) is 0 Å². The van der Waals surface area contributed by atoms with Crippen molar-refractivity contribution in [1.82, 2.24) is 9.97 Å². The molecule has 3 aromatic rings. The zero-order valence-electron chi connectivity index (χ0n) is 14.1. The van der Waals surface area contributed by atoms with Crippen LogP contribution < -0.4 is 11.1 Å². The zero-order valence-corrected chi connectivity index (χ0v) is 14.1. The summed E-state index contributed by atoms with van der Waals surface area (Å²) < 4.78 is 0. The van der Waals surface area contributed by atoms with Crippen molar-refractivity contribution in [3.05, 3.63) is 65.9 Å². The maximum atomic E-state index is 5.62. The Balaban J connectivity index is 2.10. The second-order valence-corrected chi connectivity index (χ2v) is 5.85. The molecule has 0 unspecified atom stereocenters. The minimum atomic E-state index is 0.562. The van der Waals surface area contributed by atoms with Crippen LogP contribution in [0.25, 0.3) is 22.6 Å². The van der Waals surface area contributed by atoms with Crippen LogP contribution >= 0.6 is 0 Å². The van der Waals surface area contributed by atoms with Gasteiger partial charge in [0.05, 0.1) is 17.6 Å². The van der Waals surface area contributed by atoms with E-state index in [0.29, 0.717) is 13.1 Å². The highest BCUT2D eigenvalue weighted by molar-refractivity contribution is 5.76. The van der Waals surface area contributed by atoms with E-state index in [1.807, 2.05) is 18.3 Å². The predicted molar refractivity (Wildman–Crippen MR) is 99.9 cm³/mol. The summed E-state index contributed by atoms with van der Waals surface area (Å²) in [5, 5.41) is 3.32. The minimum absolute atomic E-state index is 0.562. The van der Waals surface area contributed by atoms with Gasteiger partial charge in [0.2, 0.25) is 0 Å². The first-order chi connectivity index (χ1) is 11.7. The van der Waals surface area contributed by atoms with E-state index < -0.39 is 0 Å². The van der Waals surface area contributed by atoms with E-state index in [9.17, 15) is 0 Å². The summed E-state index contributed by atoms with van der Waals surface area (Å²) in [6.07, 6.45) is 1.85. The maximum Gasteiger partial charge on any atom is 0.160 e. The molecule has 0 saturated carbocycles. The molecule has 2 aromatic carbocycles. The molecule has 122 valence electrons. The molecule has 0 atom stereocenters. The largest absolute Gasteiger partial charge is 0.381 e. The van der Waals surface area contributed by atoms with E-state index in [0.717, 1.165) is 33.9 Å². The lowest BCUT2D eigenvalue weighted by Gasteiger charge is -2.13. The summed E-state index contributed by atoms with van der Waals surface area (Å²) in [5.74, 6) is 0.738. The Hall–Kier alpha value is -2.72. The molecule has 24 heavy (non-hydrogen) atoms. The molecular weight excluding hydrogens is 296 g/mol. The van der Waals surface area contributed by atoms with Gasteiger partial charge in [-0.15, -0.1) is 0 Å². The number of nitrogens with two attached hydrogens (primary N) is 1. The van der Waals surface area contributed by atoms with Crippen LogP contribution in [0, 0.1) is 13.8 Å². The van der Waals surface area contributed by atoms with Gasteiger partial charge >= 0.3 is 0 Å². The van der Waals surface area contributed by atoms with Crippen LogP contribution in [0.1, 0.15) is 11.1 Å². The summed E-state index contributed by atoms with van der Waals surface area (Å²) in [6.45, 7) is 5.40. The normalized spacial score (nSPS) is 10.6. The lowest BCUT2D eigenvalue weighted by Crippen LogP contribution is -2.14. The van der Waals surface area contributed by atoms with Gasteiger partial charge in [0.25, 0.3) is 0 Å². The van der Waals surface area contributed by atoms with Crippen molar-refractivity contribution < 1.29 is 0 Å². The number of nitrogens with zero attached hydrogens (tertiary/aromatic N) is 2. The van der Waals surface area contributed by atoms with E-state index >= 15 is 0 Å². The van der Waals surface area contributed by atoms with Gasteiger partial charge in [-0.05, 0) is 19.4 Å². The second kappa shape index (κ2) is 7.23. The first kappa shape index (κ1) is 16.1. The van der Waals surface area contributed by atoms with Crippen molar-refractivity contribution in [1.29, 1.82) is 0 Å². The smallest absolute Gasteiger partial charge is 0.160 e. The highest BCUT2D eigenvalue weighted by atomic mass is 15.0. The summed E-state index contributed by atoms with van der Waals surface area (Å²) in [7, 11) is 0. The molecule has 0 aliphatic rings. The number of benzene rings is 2. The van der Waals surface area contributed by atoms with E-state index in [1.54, 1.807) is 0 Å². The molecule has 0 aliphatic carbocycles. The fourth-order valence-electron chi connectivity index (χ4n) is 2.60. The SMILES string of the molecule is Cc1ccc(-c2nc(-c3ccccc3C)ncc2NCCN)cc1. The average molecular weight is 318 g/mol. The molecule has 0 bridgehead atoms. The van der Waals surface area contributed by atoms with Gasteiger partial charge in [0, 0.05) is 24.2 Å². The van der Waals surface area contributed by atoms with Crippen molar-refractivity contribution in [2.24, 2.45) is 5.73 Å². The van der Waals surface area contributed by atoms with Gasteiger partial charge in [-0.25, -0.2) is 9.97 Å². The van der Waals surface area contributed by atoms with Gasteiger partial charge in [-0.3, -0.25) is 0 Å². The number of hydrogen-bond acceptors (Lipinski definition) is 4. The number of anilines is 1. The van der Waals surface area contributed by atoms with Crippen LogP contribution in [0.4, 0.5) is 5.69 Å². The van der Waals surface area contributed by atoms with Crippen molar-refractivity contribution in [3.8, 4) is 22.6 Å². The number of aryl methyl sites for hydroxylation is 2. The van der Waals surface area contributed by atoms with Crippen molar-refractivity contribution in [2.75, 3.05) is 18.4 Å². The van der Waals surface area contributed by atoms with Crippen LogP contribution in [-0.2, 0) is 0 Å². The van der Waals surface area contributed by atoms with E-state index in [2.05, 4.69) is 60.5 Å². The van der Waals surface area contributed by atoms with Crippen LogP contribution in [0.5, 0.6) is 0 Å². The Morgan fingerprint density at radius 1 is 1.00 bits per heavy atom. The van der Waals surface area contributed by atoms with Crippen molar-refractivity contribution in [2.45, 2.75) is 13.8 Å². The molecule has 0 aliphatic heterocycles. The number of rotatable bonds is 5. The van der Waals surface area contributed by atoms with Crippen molar-refractivity contribution in [3.63, 3.8) is 0 Å². The summed E-state index contributed by atoms with van der Waals surface area (Å²) in [6, 6.07) is 16.5. The minimum Gasteiger partial charge on any atom is -0.381 e. The Labute approximate surface area is 142 Å². The molecule has 0 radical (unpaired) electrons. The Kier molecular flexibility index (Phi) is 4.87. The number of hydrogen-bond donors (Lipinski definition) is 2. The van der Waals surface area contributed by atoms with Crippen LogP contribution in [0.3, 0.4) is 0 Å². The standard InChI is InChI=1S/C20H22N4/c1-14-7-9-16(10-8-14)19-18(22-12-11-21)13-23-20(24-19)17-6-4-3-5-15(17)2/h3-10,13,22H,11-12,21H2,1-2H3. The summed E-state index contributed by atoms with van der Waals surface area (Å²) in [4.78, 5) is 9.39. The second-order valence-electron chi connectivity index (χ2n) is 5.85. The molecule has 0 saturated heterocycles. The van der Waals surface area contributed by atoms with Crippen molar-refractivity contribution >= 4 is 5.69 Å². The Morgan fingerprint density at radius 2 is 1.75 bits per heavy atom. The van der Waals surface area contributed by atoms with E-state index in [4.69, 9.17) is 10.7 Å². The van der Waals surface area contributed by atoms with Gasteiger partial charge in [0.1, 0.15) is 0 Å². The van der Waals surface area contributed by atoms with Gasteiger partial charge in [-0.1, -0.05) is 54.1 Å². The fraction of sp³-hybridized carbons (Fsp3) is 0.200.